The monoisotopic (exact) mass is 538 g/mol. The van der Waals surface area contributed by atoms with Gasteiger partial charge in [-0.15, -0.1) is 0 Å². The maximum atomic E-state index is 4.99. The van der Waals surface area contributed by atoms with Crippen molar-refractivity contribution in [2.24, 2.45) is 5.92 Å². The molecule has 0 fully saturated rings. The fourth-order valence-electron chi connectivity index (χ4n) is 6.86. The van der Waals surface area contributed by atoms with Gasteiger partial charge < -0.3 is 0 Å². The molecule has 208 valence electrons. The highest BCUT2D eigenvalue weighted by Gasteiger charge is 2.25. The van der Waals surface area contributed by atoms with Gasteiger partial charge in [0.15, 0.2) is 0 Å². The summed E-state index contributed by atoms with van der Waals surface area (Å²) in [6, 6.07) is 20.9. The third kappa shape index (κ3) is 5.28. The van der Waals surface area contributed by atoms with E-state index in [0.717, 1.165) is 31.5 Å². The molecule has 0 aliphatic heterocycles. The van der Waals surface area contributed by atoms with Crippen LogP contribution in [0.3, 0.4) is 0 Å². The number of aryl methyl sites for hydroxylation is 2. The molecule has 2 aliphatic carbocycles. The highest BCUT2D eigenvalue weighted by atomic mass is 15.1. The molecule has 41 heavy (non-hydrogen) atoms. The van der Waals surface area contributed by atoms with Crippen molar-refractivity contribution in [3.8, 4) is 27.9 Å². The first kappa shape index (κ1) is 27.3. The van der Waals surface area contributed by atoms with E-state index in [-0.39, 0.29) is 0 Å². The Balaban J connectivity index is 1.51. The highest BCUT2D eigenvalue weighted by molar-refractivity contribution is 5.85. The Morgan fingerprint density at radius 3 is 2.68 bits per heavy atom. The summed E-state index contributed by atoms with van der Waals surface area (Å²) >= 11 is 0. The first-order chi connectivity index (χ1) is 20.1. The Labute approximate surface area is 246 Å². The van der Waals surface area contributed by atoms with E-state index in [1.165, 1.54) is 80.6 Å². The molecule has 0 saturated carbocycles. The second kappa shape index (κ2) is 11.9. The molecule has 1 unspecified atom stereocenters. The van der Waals surface area contributed by atoms with Crippen molar-refractivity contribution in [3.63, 3.8) is 0 Å². The molecule has 0 N–H and O–H groups in total. The Bertz CT molecular complexity index is 1660. The summed E-state index contributed by atoms with van der Waals surface area (Å²) in [5.41, 5.74) is 14.9. The number of hydrogen-bond acceptors (Lipinski definition) is 1. The molecule has 2 aliphatic rings. The number of unbranched alkanes of at least 4 members (excludes halogenated alkanes) is 2. The Morgan fingerprint density at radius 2 is 1.83 bits per heavy atom. The number of allylic oxidation sites excluding steroid dienone is 6. The van der Waals surface area contributed by atoms with E-state index < -0.39 is 0 Å². The van der Waals surface area contributed by atoms with E-state index >= 15 is 0 Å². The quantitative estimate of drug-likeness (QED) is 0.135. The first-order valence-corrected chi connectivity index (χ1v) is 15.5. The molecule has 0 spiro atoms. The smallest absolute Gasteiger partial charge is 0.141 e. The summed E-state index contributed by atoms with van der Waals surface area (Å²) in [6.45, 7) is 9.06. The summed E-state index contributed by atoms with van der Waals surface area (Å²) in [4.78, 5) is 4.99. The van der Waals surface area contributed by atoms with E-state index in [9.17, 15) is 0 Å². The van der Waals surface area contributed by atoms with Crippen molar-refractivity contribution >= 4 is 5.57 Å². The van der Waals surface area contributed by atoms with Crippen LogP contribution in [0.25, 0.3) is 33.5 Å². The van der Waals surface area contributed by atoms with Crippen molar-refractivity contribution in [1.29, 1.82) is 0 Å². The SMILES string of the molecule is CCC=C(C)C1CC=CC=C1c1nccn1-c1c(C)cc(CCCCC)cc1-c1ccc2c(c1)-c1ccccc1C2. The third-order valence-electron chi connectivity index (χ3n) is 8.91. The van der Waals surface area contributed by atoms with Crippen LogP contribution in [0.4, 0.5) is 0 Å². The zero-order valence-corrected chi connectivity index (χ0v) is 25.1. The van der Waals surface area contributed by atoms with Crippen LogP contribution in [0.1, 0.15) is 81.0 Å². The first-order valence-electron chi connectivity index (χ1n) is 15.5. The van der Waals surface area contributed by atoms with Gasteiger partial charge in [0.05, 0.1) is 5.69 Å². The molecule has 1 heterocycles. The van der Waals surface area contributed by atoms with Crippen LogP contribution in [-0.4, -0.2) is 9.55 Å². The normalized spacial score (nSPS) is 16.0. The molecule has 2 nitrogen and oxygen atoms in total. The predicted octanol–water partition coefficient (Wildman–Crippen LogP) is 10.5. The van der Waals surface area contributed by atoms with E-state index in [2.05, 4.69) is 117 Å². The van der Waals surface area contributed by atoms with Crippen molar-refractivity contribution in [2.45, 2.75) is 72.6 Å². The number of hydrogen-bond donors (Lipinski definition) is 0. The topological polar surface area (TPSA) is 17.8 Å². The fraction of sp³-hybridized carbons (Fsp3) is 0.308. The van der Waals surface area contributed by atoms with Gasteiger partial charge in [-0.1, -0.05) is 99.0 Å². The third-order valence-corrected chi connectivity index (χ3v) is 8.91. The minimum Gasteiger partial charge on any atom is -0.299 e. The molecule has 1 aromatic heterocycles. The number of rotatable bonds is 9. The number of fused-ring (bicyclic) bond motifs is 3. The fourth-order valence-corrected chi connectivity index (χ4v) is 6.86. The van der Waals surface area contributed by atoms with Gasteiger partial charge in [0.25, 0.3) is 0 Å². The lowest BCUT2D eigenvalue weighted by Gasteiger charge is -2.25. The van der Waals surface area contributed by atoms with Gasteiger partial charge >= 0.3 is 0 Å². The lowest BCUT2D eigenvalue weighted by atomic mass is 9.84. The van der Waals surface area contributed by atoms with Crippen LogP contribution >= 0.6 is 0 Å². The average Bonchev–Trinajstić information content (AvgIpc) is 3.62. The van der Waals surface area contributed by atoms with E-state index in [1.54, 1.807) is 0 Å². The van der Waals surface area contributed by atoms with Gasteiger partial charge in [-0.05, 0) is 97.0 Å². The zero-order valence-electron chi connectivity index (χ0n) is 25.1. The largest absolute Gasteiger partial charge is 0.299 e. The summed E-state index contributed by atoms with van der Waals surface area (Å²) in [6.07, 6.45) is 21.2. The summed E-state index contributed by atoms with van der Waals surface area (Å²) in [5, 5.41) is 0. The molecule has 0 amide bonds. The number of nitrogens with zero attached hydrogens (tertiary/aromatic N) is 2. The van der Waals surface area contributed by atoms with Gasteiger partial charge in [0.2, 0.25) is 0 Å². The predicted molar refractivity (Wildman–Crippen MR) is 174 cm³/mol. The molecule has 6 rings (SSSR count). The van der Waals surface area contributed by atoms with E-state index in [1.807, 2.05) is 6.20 Å². The Kier molecular flexibility index (Phi) is 7.92. The van der Waals surface area contributed by atoms with Gasteiger partial charge in [0.1, 0.15) is 5.82 Å². The van der Waals surface area contributed by atoms with Gasteiger partial charge in [-0.25, -0.2) is 4.98 Å². The van der Waals surface area contributed by atoms with Gasteiger partial charge in [-0.3, -0.25) is 4.57 Å². The lowest BCUT2D eigenvalue weighted by Crippen LogP contribution is -2.13. The number of benzene rings is 3. The van der Waals surface area contributed by atoms with Crippen molar-refractivity contribution < 1.29 is 0 Å². The van der Waals surface area contributed by atoms with Gasteiger partial charge in [0, 0.05) is 29.4 Å². The minimum atomic E-state index is 0.356. The second-order valence-electron chi connectivity index (χ2n) is 11.8. The number of imidazole rings is 1. The van der Waals surface area contributed by atoms with Crippen LogP contribution in [0, 0.1) is 12.8 Å². The highest BCUT2D eigenvalue weighted by Crippen LogP contribution is 2.42. The second-order valence-corrected chi connectivity index (χ2v) is 11.8. The van der Waals surface area contributed by atoms with Crippen molar-refractivity contribution in [2.75, 3.05) is 0 Å². The zero-order chi connectivity index (χ0) is 28.3. The molecule has 0 bridgehead atoms. The van der Waals surface area contributed by atoms with Crippen LogP contribution in [-0.2, 0) is 12.8 Å². The van der Waals surface area contributed by atoms with Crippen molar-refractivity contribution in [3.05, 3.63) is 125 Å². The summed E-state index contributed by atoms with van der Waals surface area (Å²) < 4.78 is 2.36. The van der Waals surface area contributed by atoms with Gasteiger partial charge in [-0.2, -0.15) is 0 Å². The average molecular weight is 539 g/mol. The maximum Gasteiger partial charge on any atom is 0.141 e. The molecular formula is C39H42N2. The minimum absolute atomic E-state index is 0.356. The maximum absolute atomic E-state index is 4.99. The van der Waals surface area contributed by atoms with E-state index in [0.29, 0.717) is 5.92 Å². The van der Waals surface area contributed by atoms with E-state index in [4.69, 9.17) is 4.98 Å². The molecule has 1 atom stereocenters. The lowest BCUT2D eigenvalue weighted by molar-refractivity contribution is 0.717. The summed E-state index contributed by atoms with van der Waals surface area (Å²) in [5.74, 6) is 1.41. The number of aromatic nitrogens is 2. The Hall–Kier alpha value is -3.91. The molecule has 2 heteroatoms. The molecule has 0 saturated heterocycles. The standard InChI is InChI=1S/C39H42N2/c1-5-7-8-14-29-23-28(4)38(41-22-21-40-39(41)35-18-12-11-16-33(35)27(3)13-6-2)37(24-29)32-20-19-31-25-30-15-9-10-17-34(30)36(31)26-32/h9-13,15,17-24,26,33H,5-8,14,16,25H2,1-4H3. The Morgan fingerprint density at radius 1 is 0.976 bits per heavy atom. The van der Waals surface area contributed by atoms with Crippen LogP contribution in [0.2, 0.25) is 0 Å². The molecule has 3 aromatic carbocycles. The molecule has 0 radical (unpaired) electrons. The molecule has 4 aromatic rings. The van der Waals surface area contributed by atoms with Crippen molar-refractivity contribution in [1.82, 2.24) is 9.55 Å². The van der Waals surface area contributed by atoms with Crippen LogP contribution in [0.15, 0.2) is 96.9 Å². The van der Waals surface area contributed by atoms with Crippen LogP contribution < -0.4 is 0 Å². The molecular weight excluding hydrogens is 496 g/mol. The summed E-state index contributed by atoms with van der Waals surface area (Å²) in [7, 11) is 0. The van der Waals surface area contributed by atoms with Crippen LogP contribution in [0.5, 0.6) is 0 Å².